The number of phenolic OH excluding ortho intramolecular Hbond substituents is 1. The minimum absolute atomic E-state index is 0.207. The van der Waals surface area contributed by atoms with Crippen molar-refractivity contribution in [2.45, 2.75) is 18.4 Å². The number of ether oxygens (including phenoxy) is 3. The predicted octanol–water partition coefficient (Wildman–Crippen LogP) is 2.80. The van der Waals surface area contributed by atoms with E-state index in [4.69, 9.17) is 14.2 Å². The second-order valence-corrected chi connectivity index (χ2v) is 6.77. The normalized spacial score (nSPS) is 23.6. The van der Waals surface area contributed by atoms with E-state index in [1.54, 1.807) is 7.11 Å². The van der Waals surface area contributed by atoms with Crippen LogP contribution in [0, 0.1) is 0 Å². The summed E-state index contributed by atoms with van der Waals surface area (Å²) in [7, 11) is 3.75. The van der Waals surface area contributed by atoms with Crippen molar-refractivity contribution in [1.29, 1.82) is 0 Å². The van der Waals surface area contributed by atoms with E-state index in [2.05, 4.69) is 24.1 Å². The van der Waals surface area contributed by atoms with Crippen molar-refractivity contribution >= 4 is 0 Å². The molecule has 2 aromatic carbocycles. The first-order chi connectivity index (χ1) is 11.7. The first-order valence-corrected chi connectivity index (χ1v) is 8.19. The van der Waals surface area contributed by atoms with Gasteiger partial charge in [0.15, 0.2) is 23.0 Å². The highest BCUT2D eigenvalue weighted by atomic mass is 16.7. The Kier molecular flexibility index (Phi) is 2.80. The molecule has 0 radical (unpaired) electrons. The summed E-state index contributed by atoms with van der Waals surface area (Å²) >= 11 is 0. The van der Waals surface area contributed by atoms with Crippen LogP contribution in [0.1, 0.15) is 34.2 Å². The second-order valence-electron chi connectivity index (χ2n) is 6.77. The molecule has 5 heteroatoms. The van der Waals surface area contributed by atoms with E-state index < -0.39 is 0 Å². The lowest BCUT2D eigenvalue weighted by molar-refractivity contribution is 0.174. The Morgan fingerprint density at radius 3 is 2.58 bits per heavy atom. The summed E-state index contributed by atoms with van der Waals surface area (Å²) in [6, 6.07) is 8.40. The molecule has 0 spiro atoms. The van der Waals surface area contributed by atoms with Crippen LogP contribution in [0.25, 0.3) is 0 Å². The van der Waals surface area contributed by atoms with Gasteiger partial charge in [-0.25, -0.2) is 0 Å². The van der Waals surface area contributed by atoms with Crippen molar-refractivity contribution in [3.8, 4) is 23.0 Å². The third kappa shape index (κ3) is 1.79. The van der Waals surface area contributed by atoms with Crippen molar-refractivity contribution in [3.05, 3.63) is 46.5 Å². The zero-order chi connectivity index (χ0) is 16.4. The maximum atomic E-state index is 10.2. The molecular weight excluding hydrogens is 306 g/mol. The lowest BCUT2D eigenvalue weighted by Gasteiger charge is -2.36. The number of hydrogen-bond donors (Lipinski definition) is 1. The predicted molar refractivity (Wildman–Crippen MR) is 88.1 cm³/mol. The number of likely N-dealkylation sites (N-methyl/N-ethyl adjacent to an activating group) is 1. The van der Waals surface area contributed by atoms with E-state index in [9.17, 15) is 5.11 Å². The van der Waals surface area contributed by atoms with Gasteiger partial charge in [0, 0.05) is 18.5 Å². The molecule has 2 aromatic rings. The number of methoxy groups -OCH3 is 1. The van der Waals surface area contributed by atoms with Crippen LogP contribution in [0.15, 0.2) is 24.3 Å². The average molecular weight is 325 g/mol. The summed E-state index contributed by atoms with van der Waals surface area (Å²) in [5.41, 5.74) is 5.02. The first kappa shape index (κ1) is 14.0. The van der Waals surface area contributed by atoms with Crippen LogP contribution in [0.3, 0.4) is 0 Å². The Morgan fingerprint density at radius 1 is 1.08 bits per heavy atom. The van der Waals surface area contributed by atoms with Crippen molar-refractivity contribution < 1.29 is 19.3 Å². The van der Waals surface area contributed by atoms with Gasteiger partial charge in [-0.3, -0.25) is 4.90 Å². The Balaban J connectivity index is 1.75. The lowest BCUT2D eigenvalue weighted by atomic mass is 9.84. The fraction of sp³-hybridized carbons (Fsp3) is 0.368. The second kappa shape index (κ2) is 4.80. The molecular formula is C19H19NO4. The van der Waals surface area contributed by atoms with Gasteiger partial charge in [-0.2, -0.15) is 0 Å². The van der Waals surface area contributed by atoms with Gasteiger partial charge in [-0.1, -0.05) is 0 Å². The Labute approximate surface area is 140 Å². The highest BCUT2D eigenvalue weighted by Crippen LogP contribution is 2.50. The fourth-order valence-electron chi connectivity index (χ4n) is 4.35. The van der Waals surface area contributed by atoms with Gasteiger partial charge >= 0.3 is 0 Å². The number of aromatic hydroxyl groups is 1. The van der Waals surface area contributed by atoms with Crippen LogP contribution in [0.2, 0.25) is 0 Å². The van der Waals surface area contributed by atoms with Gasteiger partial charge in [0.2, 0.25) is 6.79 Å². The number of hydrogen-bond acceptors (Lipinski definition) is 5. The molecule has 2 atom stereocenters. The average Bonchev–Trinajstić information content (AvgIpc) is 2.93. The summed E-state index contributed by atoms with van der Waals surface area (Å²) in [6.45, 7) is 1.24. The molecule has 24 heavy (non-hydrogen) atoms. The molecule has 5 nitrogen and oxygen atoms in total. The molecule has 4 aliphatic rings. The number of phenols is 1. The highest BCUT2D eigenvalue weighted by molar-refractivity contribution is 5.59. The Morgan fingerprint density at radius 2 is 1.83 bits per heavy atom. The van der Waals surface area contributed by atoms with E-state index >= 15 is 0 Å². The van der Waals surface area contributed by atoms with Gasteiger partial charge in [0.1, 0.15) is 0 Å². The van der Waals surface area contributed by atoms with E-state index in [1.807, 2.05) is 12.1 Å². The summed E-state index contributed by atoms with van der Waals surface area (Å²) in [6.07, 6.45) is 0.868. The lowest BCUT2D eigenvalue weighted by Crippen LogP contribution is -2.33. The minimum Gasteiger partial charge on any atom is -0.504 e. The monoisotopic (exact) mass is 325 g/mol. The molecule has 6 rings (SSSR count). The van der Waals surface area contributed by atoms with Crippen LogP contribution in [-0.4, -0.2) is 37.5 Å². The maximum absolute atomic E-state index is 10.2. The zero-order valence-corrected chi connectivity index (χ0v) is 13.7. The van der Waals surface area contributed by atoms with E-state index in [0.29, 0.717) is 12.5 Å². The fourth-order valence-corrected chi connectivity index (χ4v) is 4.35. The maximum Gasteiger partial charge on any atom is 0.231 e. The molecule has 0 fully saturated rings. The molecule has 3 heterocycles. The van der Waals surface area contributed by atoms with Crippen LogP contribution in [-0.2, 0) is 6.42 Å². The van der Waals surface area contributed by atoms with E-state index in [0.717, 1.165) is 24.5 Å². The summed E-state index contributed by atoms with van der Waals surface area (Å²) < 4.78 is 16.5. The Hall–Kier alpha value is -2.40. The number of nitrogens with zero attached hydrogens (tertiary/aromatic N) is 1. The number of benzene rings is 2. The largest absolute Gasteiger partial charge is 0.504 e. The first-order valence-electron chi connectivity index (χ1n) is 8.19. The van der Waals surface area contributed by atoms with Gasteiger partial charge in [-0.15, -0.1) is 0 Å². The molecule has 0 saturated carbocycles. The van der Waals surface area contributed by atoms with Gasteiger partial charge in [0.05, 0.1) is 7.11 Å². The van der Waals surface area contributed by atoms with Crippen molar-refractivity contribution in [1.82, 2.24) is 4.90 Å². The number of rotatable bonds is 1. The van der Waals surface area contributed by atoms with E-state index in [-0.39, 0.29) is 17.7 Å². The molecule has 0 amide bonds. The minimum atomic E-state index is 0.207. The molecule has 124 valence electrons. The smallest absolute Gasteiger partial charge is 0.231 e. The van der Waals surface area contributed by atoms with Crippen LogP contribution in [0.4, 0.5) is 0 Å². The molecule has 0 aromatic heterocycles. The third-order valence-electron chi connectivity index (χ3n) is 5.54. The SMILES string of the molecule is COc1cc2c(cc1O)CC1c3cc4c(cc3[C@@H]2CN1C)OCO4. The molecule has 1 aliphatic carbocycles. The zero-order valence-electron chi connectivity index (χ0n) is 13.7. The summed E-state index contributed by atoms with van der Waals surface area (Å²) in [5.74, 6) is 2.64. The summed E-state index contributed by atoms with van der Waals surface area (Å²) in [5, 5.41) is 10.2. The van der Waals surface area contributed by atoms with Crippen LogP contribution >= 0.6 is 0 Å². The van der Waals surface area contributed by atoms with Crippen molar-refractivity contribution in [3.63, 3.8) is 0 Å². The van der Waals surface area contributed by atoms with E-state index in [1.165, 1.54) is 22.3 Å². The standard InChI is InChI=1S/C19H19NO4/c1-20-8-14-11-5-17(22-2)16(21)4-10(11)3-15(20)13-7-19-18(6-12(13)14)23-9-24-19/h4-7,14-15,21H,3,8-9H2,1-2H3/t14-,15?/m1/s1. The molecule has 1 unspecified atom stereocenters. The van der Waals surface area contributed by atoms with Gasteiger partial charge < -0.3 is 19.3 Å². The molecule has 2 bridgehead atoms. The van der Waals surface area contributed by atoms with Gasteiger partial charge in [0.25, 0.3) is 0 Å². The molecule has 0 saturated heterocycles. The molecule has 1 N–H and O–H groups in total. The van der Waals surface area contributed by atoms with Crippen LogP contribution in [0.5, 0.6) is 23.0 Å². The molecule has 3 aliphatic heterocycles. The third-order valence-corrected chi connectivity index (χ3v) is 5.54. The highest BCUT2D eigenvalue weighted by Gasteiger charge is 2.39. The topological polar surface area (TPSA) is 51.2 Å². The van der Waals surface area contributed by atoms with Crippen molar-refractivity contribution in [2.24, 2.45) is 0 Å². The number of fused-ring (bicyclic) bond motifs is 2. The summed E-state index contributed by atoms with van der Waals surface area (Å²) in [4.78, 5) is 2.39. The quantitative estimate of drug-likeness (QED) is 0.874. The van der Waals surface area contributed by atoms with Crippen molar-refractivity contribution in [2.75, 3.05) is 27.5 Å². The Bertz CT molecular complexity index is 848. The van der Waals surface area contributed by atoms with Gasteiger partial charge in [-0.05, 0) is 60.0 Å². The van der Waals surface area contributed by atoms with Crippen LogP contribution < -0.4 is 14.2 Å².